The van der Waals surface area contributed by atoms with E-state index in [-0.39, 0.29) is 0 Å². The Labute approximate surface area is 129 Å². The van der Waals surface area contributed by atoms with Gasteiger partial charge < -0.3 is 10.1 Å². The number of nitrogens with zero attached hydrogens (tertiary/aromatic N) is 1. The lowest BCUT2D eigenvalue weighted by Crippen LogP contribution is -2.14. The van der Waals surface area contributed by atoms with Crippen LogP contribution in [0.5, 0.6) is 0 Å². The summed E-state index contributed by atoms with van der Waals surface area (Å²) < 4.78 is 5.24. The predicted octanol–water partition coefficient (Wildman–Crippen LogP) is 4.11. The highest BCUT2D eigenvalue weighted by Gasteiger charge is 2.12. The average molecular weight is 311 g/mol. The lowest BCUT2D eigenvalue weighted by atomic mass is 10.2. The number of benzene rings is 1. The number of hydrogen-bond donors (Lipinski definition) is 1. The van der Waals surface area contributed by atoms with Crippen LogP contribution in [0.25, 0.3) is 10.6 Å². The van der Waals surface area contributed by atoms with Gasteiger partial charge in [0.1, 0.15) is 5.01 Å². The maximum absolute atomic E-state index is 5.92. The van der Waals surface area contributed by atoms with Crippen LogP contribution in [0.4, 0.5) is 0 Å². The molecule has 0 unspecified atom stereocenters. The van der Waals surface area contributed by atoms with Crippen LogP contribution in [0.1, 0.15) is 23.9 Å². The van der Waals surface area contributed by atoms with Gasteiger partial charge >= 0.3 is 0 Å². The highest BCUT2D eigenvalue weighted by atomic mass is 35.5. The second kappa shape index (κ2) is 7.74. The quantitative estimate of drug-likeness (QED) is 0.781. The molecule has 0 spiro atoms. The Morgan fingerprint density at radius 1 is 1.30 bits per heavy atom. The van der Waals surface area contributed by atoms with E-state index in [1.807, 2.05) is 24.3 Å². The number of methoxy groups -OCH3 is 1. The fourth-order valence-electron chi connectivity index (χ4n) is 1.87. The lowest BCUT2D eigenvalue weighted by Gasteiger charge is -2.02. The van der Waals surface area contributed by atoms with Gasteiger partial charge in [-0.3, -0.25) is 0 Å². The summed E-state index contributed by atoms with van der Waals surface area (Å²) in [6.07, 6.45) is 1.13. The minimum absolute atomic E-state index is 0.549. The first-order valence-electron chi connectivity index (χ1n) is 6.68. The van der Waals surface area contributed by atoms with Crippen molar-refractivity contribution in [2.45, 2.75) is 26.5 Å². The normalized spacial score (nSPS) is 10.9. The molecule has 0 radical (unpaired) electrons. The summed E-state index contributed by atoms with van der Waals surface area (Å²) in [5.41, 5.74) is 2.12. The minimum Gasteiger partial charge on any atom is -0.378 e. The molecule has 0 aliphatic carbocycles. The Hall–Kier alpha value is -0.940. The largest absolute Gasteiger partial charge is 0.378 e. The van der Waals surface area contributed by atoms with Crippen LogP contribution < -0.4 is 5.32 Å². The third-order valence-corrected chi connectivity index (χ3v) is 4.26. The second-order valence-corrected chi connectivity index (χ2v) is 6.03. The number of hydrogen-bond acceptors (Lipinski definition) is 4. The van der Waals surface area contributed by atoms with E-state index >= 15 is 0 Å². The van der Waals surface area contributed by atoms with E-state index < -0.39 is 0 Å². The predicted molar refractivity (Wildman–Crippen MR) is 85.3 cm³/mol. The number of aromatic nitrogens is 1. The summed E-state index contributed by atoms with van der Waals surface area (Å²) in [5, 5.41) is 5.18. The highest BCUT2D eigenvalue weighted by molar-refractivity contribution is 7.15. The number of ether oxygens (including phenoxy) is 1. The van der Waals surface area contributed by atoms with E-state index in [9.17, 15) is 0 Å². The van der Waals surface area contributed by atoms with Crippen molar-refractivity contribution in [2.24, 2.45) is 0 Å². The molecule has 1 aromatic carbocycles. The maximum atomic E-state index is 5.92. The molecule has 5 heteroatoms. The summed E-state index contributed by atoms with van der Waals surface area (Å²) >= 11 is 7.63. The Bertz CT molecular complexity index is 539. The lowest BCUT2D eigenvalue weighted by molar-refractivity contribution is 0.181. The second-order valence-electron chi connectivity index (χ2n) is 4.51. The third kappa shape index (κ3) is 4.03. The zero-order valence-corrected chi connectivity index (χ0v) is 13.4. The number of nitrogens with one attached hydrogen (secondary N) is 1. The molecule has 0 fully saturated rings. The van der Waals surface area contributed by atoms with Gasteiger partial charge in [0.2, 0.25) is 0 Å². The zero-order valence-electron chi connectivity index (χ0n) is 11.8. The van der Waals surface area contributed by atoms with Crippen molar-refractivity contribution >= 4 is 22.9 Å². The molecule has 0 bridgehead atoms. The monoisotopic (exact) mass is 310 g/mol. The maximum Gasteiger partial charge on any atom is 0.124 e. The van der Waals surface area contributed by atoms with Crippen molar-refractivity contribution in [1.29, 1.82) is 0 Å². The topological polar surface area (TPSA) is 34.2 Å². The number of halogens is 1. The van der Waals surface area contributed by atoms with Gasteiger partial charge in [-0.2, -0.15) is 0 Å². The van der Waals surface area contributed by atoms with Gasteiger partial charge in [-0.15, -0.1) is 11.3 Å². The molecule has 0 atom stereocenters. The van der Waals surface area contributed by atoms with E-state index in [0.717, 1.165) is 40.8 Å². The van der Waals surface area contributed by atoms with Crippen molar-refractivity contribution < 1.29 is 4.74 Å². The molecule has 0 amide bonds. The van der Waals surface area contributed by atoms with Gasteiger partial charge in [-0.25, -0.2) is 4.98 Å². The van der Waals surface area contributed by atoms with Crippen molar-refractivity contribution in [2.75, 3.05) is 13.7 Å². The number of thiazole rings is 1. The molecule has 1 N–H and O–H groups in total. The van der Waals surface area contributed by atoms with Crippen molar-refractivity contribution in [1.82, 2.24) is 10.3 Å². The van der Waals surface area contributed by atoms with E-state index in [2.05, 4.69) is 17.2 Å². The van der Waals surface area contributed by atoms with E-state index in [1.54, 1.807) is 18.4 Å². The average Bonchev–Trinajstić information content (AvgIpc) is 2.84. The highest BCUT2D eigenvalue weighted by Crippen LogP contribution is 2.29. The van der Waals surface area contributed by atoms with Crippen LogP contribution in [0.3, 0.4) is 0 Å². The summed E-state index contributed by atoms with van der Waals surface area (Å²) in [6, 6.07) is 7.79. The van der Waals surface area contributed by atoms with Crippen LogP contribution in [-0.4, -0.2) is 18.6 Å². The Morgan fingerprint density at radius 3 is 2.70 bits per heavy atom. The first-order chi connectivity index (χ1) is 9.74. The fraction of sp³-hybridized carbons (Fsp3) is 0.400. The Kier molecular flexibility index (Phi) is 5.98. The van der Waals surface area contributed by atoms with Gasteiger partial charge in [0.25, 0.3) is 0 Å². The Morgan fingerprint density at radius 2 is 2.05 bits per heavy atom. The standard InChI is InChI=1S/C15H19ClN2OS/c1-3-8-17-9-14-13(10-19-2)18-15(20-14)11-4-6-12(16)7-5-11/h4-7,17H,3,8-10H2,1-2H3. The molecule has 1 aromatic heterocycles. The van der Waals surface area contributed by atoms with E-state index in [4.69, 9.17) is 16.3 Å². The molecule has 2 rings (SSSR count). The molecule has 20 heavy (non-hydrogen) atoms. The van der Waals surface area contributed by atoms with Crippen molar-refractivity contribution in [3.63, 3.8) is 0 Å². The molecule has 0 aliphatic rings. The molecule has 3 nitrogen and oxygen atoms in total. The van der Waals surface area contributed by atoms with Crippen LogP contribution in [0.2, 0.25) is 5.02 Å². The molecule has 0 aliphatic heterocycles. The first kappa shape index (κ1) is 15.4. The SMILES string of the molecule is CCCNCc1sc(-c2ccc(Cl)cc2)nc1COC. The molecule has 2 aromatic rings. The molecular formula is C15H19ClN2OS. The summed E-state index contributed by atoms with van der Waals surface area (Å²) in [4.78, 5) is 5.93. The van der Waals surface area contributed by atoms with Gasteiger partial charge in [0.05, 0.1) is 12.3 Å². The smallest absolute Gasteiger partial charge is 0.124 e. The van der Waals surface area contributed by atoms with E-state index in [0.29, 0.717) is 6.61 Å². The van der Waals surface area contributed by atoms with Crippen LogP contribution in [-0.2, 0) is 17.9 Å². The summed E-state index contributed by atoms with van der Waals surface area (Å²) in [5.74, 6) is 0. The van der Waals surface area contributed by atoms with Crippen LogP contribution in [0, 0.1) is 0 Å². The Balaban J connectivity index is 2.21. The van der Waals surface area contributed by atoms with Gasteiger partial charge in [0, 0.05) is 29.1 Å². The first-order valence-corrected chi connectivity index (χ1v) is 7.88. The molecular weight excluding hydrogens is 292 g/mol. The fourth-order valence-corrected chi connectivity index (χ4v) is 3.03. The minimum atomic E-state index is 0.549. The molecule has 108 valence electrons. The van der Waals surface area contributed by atoms with Crippen LogP contribution in [0.15, 0.2) is 24.3 Å². The van der Waals surface area contributed by atoms with Crippen LogP contribution >= 0.6 is 22.9 Å². The van der Waals surface area contributed by atoms with Gasteiger partial charge in [0.15, 0.2) is 0 Å². The summed E-state index contributed by atoms with van der Waals surface area (Å²) in [6.45, 7) is 4.57. The third-order valence-electron chi connectivity index (χ3n) is 2.86. The van der Waals surface area contributed by atoms with E-state index in [1.165, 1.54) is 4.88 Å². The van der Waals surface area contributed by atoms with Gasteiger partial charge in [-0.1, -0.05) is 30.7 Å². The molecule has 0 saturated carbocycles. The summed E-state index contributed by atoms with van der Waals surface area (Å²) in [7, 11) is 1.70. The molecule has 0 saturated heterocycles. The number of rotatable bonds is 7. The zero-order chi connectivity index (χ0) is 14.4. The van der Waals surface area contributed by atoms with Gasteiger partial charge in [-0.05, 0) is 25.1 Å². The van der Waals surface area contributed by atoms with Crippen molar-refractivity contribution in [3.8, 4) is 10.6 Å². The molecule has 1 heterocycles. The van der Waals surface area contributed by atoms with Crippen molar-refractivity contribution in [3.05, 3.63) is 39.9 Å².